The topological polar surface area (TPSA) is 47.6 Å². The lowest BCUT2D eigenvalue weighted by atomic mass is 10.3. The van der Waals surface area contributed by atoms with Crippen LogP contribution in [0.3, 0.4) is 0 Å². The van der Waals surface area contributed by atoms with E-state index in [0.29, 0.717) is 24.2 Å². The molecule has 0 aliphatic rings. The Kier molecular flexibility index (Phi) is 5.30. The second kappa shape index (κ2) is 7.40. The maximum atomic E-state index is 13.4. The Bertz CT molecular complexity index is 644. The predicted molar refractivity (Wildman–Crippen MR) is 78.1 cm³/mol. The molecule has 0 aliphatic carbocycles. The van der Waals surface area contributed by atoms with Gasteiger partial charge >= 0.3 is 0 Å². The van der Waals surface area contributed by atoms with Crippen LogP contribution in [0.15, 0.2) is 42.5 Å². The third kappa shape index (κ3) is 4.44. The van der Waals surface area contributed by atoms with E-state index in [4.69, 9.17) is 9.47 Å². The fraction of sp³-hybridized carbons (Fsp3) is 0.188. The van der Waals surface area contributed by atoms with Crippen molar-refractivity contribution < 1.29 is 23.0 Å². The largest absolute Gasteiger partial charge is 0.494 e. The molecule has 6 heteroatoms. The van der Waals surface area contributed by atoms with E-state index < -0.39 is 17.5 Å². The van der Waals surface area contributed by atoms with Gasteiger partial charge in [0.05, 0.1) is 12.3 Å². The van der Waals surface area contributed by atoms with Crippen molar-refractivity contribution in [2.45, 2.75) is 6.92 Å². The van der Waals surface area contributed by atoms with Crippen LogP contribution < -0.4 is 14.8 Å². The number of benzene rings is 2. The summed E-state index contributed by atoms with van der Waals surface area (Å²) in [6.45, 7) is 2.15. The zero-order chi connectivity index (χ0) is 15.9. The molecule has 116 valence electrons. The summed E-state index contributed by atoms with van der Waals surface area (Å²) in [5, 5.41) is 2.31. The number of hydrogen-bond donors (Lipinski definition) is 1. The van der Waals surface area contributed by atoms with Crippen molar-refractivity contribution in [3.63, 3.8) is 0 Å². The Labute approximate surface area is 126 Å². The van der Waals surface area contributed by atoms with Crippen molar-refractivity contribution in [3.05, 3.63) is 54.1 Å². The molecule has 2 aromatic carbocycles. The van der Waals surface area contributed by atoms with Crippen LogP contribution in [-0.2, 0) is 4.79 Å². The van der Waals surface area contributed by atoms with Gasteiger partial charge in [0, 0.05) is 6.07 Å². The molecular weight excluding hydrogens is 292 g/mol. The molecule has 1 amide bonds. The van der Waals surface area contributed by atoms with Gasteiger partial charge in [0.2, 0.25) is 0 Å². The first-order chi connectivity index (χ1) is 10.6. The van der Waals surface area contributed by atoms with E-state index in [1.165, 1.54) is 0 Å². The van der Waals surface area contributed by atoms with Gasteiger partial charge in [-0.05, 0) is 43.3 Å². The lowest BCUT2D eigenvalue weighted by Gasteiger charge is -2.09. The Morgan fingerprint density at radius 3 is 2.27 bits per heavy atom. The van der Waals surface area contributed by atoms with Crippen LogP contribution in [0.5, 0.6) is 11.5 Å². The summed E-state index contributed by atoms with van der Waals surface area (Å²) in [6.07, 6.45) is 0. The number of rotatable bonds is 6. The van der Waals surface area contributed by atoms with Crippen molar-refractivity contribution in [2.24, 2.45) is 0 Å². The number of amides is 1. The van der Waals surface area contributed by atoms with Gasteiger partial charge in [0.1, 0.15) is 23.1 Å². The first kappa shape index (κ1) is 15.8. The van der Waals surface area contributed by atoms with Crippen LogP contribution in [-0.4, -0.2) is 19.1 Å². The highest BCUT2D eigenvalue weighted by Crippen LogP contribution is 2.18. The predicted octanol–water partition coefficient (Wildman–Crippen LogP) is 3.38. The Morgan fingerprint density at radius 2 is 1.68 bits per heavy atom. The maximum absolute atomic E-state index is 13.4. The summed E-state index contributed by atoms with van der Waals surface area (Å²) in [5.74, 6) is -0.902. The van der Waals surface area contributed by atoms with Crippen molar-refractivity contribution in [2.75, 3.05) is 18.5 Å². The standard InChI is InChI=1S/C16H15F2NO3/c1-2-21-12-4-6-13(7-5-12)22-10-16(20)19-15-8-3-11(17)9-14(15)18/h3-9H,2,10H2,1H3,(H,19,20). The molecule has 2 rings (SSSR count). The minimum atomic E-state index is -0.839. The average Bonchev–Trinajstić information content (AvgIpc) is 2.50. The maximum Gasteiger partial charge on any atom is 0.262 e. The van der Waals surface area contributed by atoms with Crippen LogP contribution in [0, 0.1) is 11.6 Å². The summed E-state index contributed by atoms with van der Waals surface area (Å²) in [5.41, 5.74) is -0.0957. The van der Waals surface area contributed by atoms with Crippen molar-refractivity contribution in [1.82, 2.24) is 0 Å². The lowest BCUT2D eigenvalue weighted by molar-refractivity contribution is -0.118. The molecule has 0 aliphatic heterocycles. The number of anilines is 1. The number of halogens is 2. The molecule has 0 saturated carbocycles. The van der Waals surface area contributed by atoms with Gasteiger partial charge in [-0.15, -0.1) is 0 Å². The molecule has 0 atom stereocenters. The van der Waals surface area contributed by atoms with Gasteiger partial charge in [-0.1, -0.05) is 0 Å². The lowest BCUT2D eigenvalue weighted by Crippen LogP contribution is -2.20. The van der Waals surface area contributed by atoms with E-state index >= 15 is 0 Å². The van der Waals surface area contributed by atoms with Crippen molar-refractivity contribution in [1.29, 1.82) is 0 Å². The molecule has 0 spiro atoms. The zero-order valence-electron chi connectivity index (χ0n) is 11.9. The summed E-state index contributed by atoms with van der Waals surface area (Å²) in [6, 6.07) is 9.68. The minimum absolute atomic E-state index is 0.0957. The zero-order valence-corrected chi connectivity index (χ0v) is 11.9. The van der Waals surface area contributed by atoms with Crippen molar-refractivity contribution >= 4 is 11.6 Å². The highest BCUT2D eigenvalue weighted by atomic mass is 19.1. The van der Waals surface area contributed by atoms with Crippen LogP contribution in [0.2, 0.25) is 0 Å². The van der Waals surface area contributed by atoms with E-state index in [-0.39, 0.29) is 12.3 Å². The first-order valence-corrected chi connectivity index (χ1v) is 6.69. The molecule has 0 heterocycles. The molecule has 1 N–H and O–H groups in total. The second-order valence-corrected chi connectivity index (χ2v) is 4.37. The Hall–Kier alpha value is -2.63. The van der Waals surface area contributed by atoms with E-state index in [1.807, 2.05) is 6.92 Å². The van der Waals surface area contributed by atoms with E-state index in [9.17, 15) is 13.6 Å². The molecule has 4 nitrogen and oxygen atoms in total. The molecule has 22 heavy (non-hydrogen) atoms. The van der Waals surface area contributed by atoms with Crippen LogP contribution in [0.25, 0.3) is 0 Å². The fourth-order valence-electron chi connectivity index (χ4n) is 1.72. The van der Waals surface area contributed by atoms with Crippen LogP contribution in [0.4, 0.5) is 14.5 Å². The summed E-state index contributed by atoms with van der Waals surface area (Å²) >= 11 is 0. The average molecular weight is 307 g/mol. The second-order valence-electron chi connectivity index (χ2n) is 4.37. The molecule has 2 aromatic rings. The molecule has 0 saturated heterocycles. The van der Waals surface area contributed by atoms with Gasteiger partial charge < -0.3 is 14.8 Å². The number of nitrogens with one attached hydrogen (secondary N) is 1. The molecule has 0 unspecified atom stereocenters. The molecule has 0 radical (unpaired) electrons. The summed E-state index contributed by atoms with van der Waals surface area (Å²) < 4.78 is 36.7. The number of carbonyl (C=O) groups excluding carboxylic acids is 1. The number of hydrogen-bond acceptors (Lipinski definition) is 3. The van der Waals surface area contributed by atoms with Gasteiger partial charge in [-0.3, -0.25) is 4.79 Å². The Morgan fingerprint density at radius 1 is 1.05 bits per heavy atom. The monoisotopic (exact) mass is 307 g/mol. The quantitative estimate of drug-likeness (QED) is 0.890. The minimum Gasteiger partial charge on any atom is -0.494 e. The van der Waals surface area contributed by atoms with E-state index in [0.717, 1.165) is 12.1 Å². The van der Waals surface area contributed by atoms with Gasteiger partial charge in [0.25, 0.3) is 5.91 Å². The van der Waals surface area contributed by atoms with Gasteiger partial charge in [-0.25, -0.2) is 8.78 Å². The van der Waals surface area contributed by atoms with Gasteiger partial charge in [0.15, 0.2) is 6.61 Å². The SMILES string of the molecule is CCOc1ccc(OCC(=O)Nc2ccc(F)cc2F)cc1. The van der Waals surface area contributed by atoms with Crippen LogP contribution in [0.1, 0.15) is 6.92 Å². The fourth-order valence-corrected chi connectivity index (χ4v) is 1.72. The third-order valence-electron chi connectivity index (χ3n) is 2.71. The molecular formula is C16H15F2NO3. The van der Waals surface area contributed by atoms with Crippen LogP contribution >= 0.6 is 0 Å². The highest BCUT2D eigenvalue weighted by Gasteiger charge is 2.08. The van der Waals surface area contributed by atoms with E-state index in [2.05, 4.69) is 5.32 Å². The number of carbonyl (C=O) groups is 1. The highest BCUT2D eigenvalue weighted by molar-refractivity contribution is 5.91. The van der Waals surface area contributed by atoms with Crippen molar-refractivity contribution in [3.8, 4) is 11.5 Å². The first-order valence-electron chi connectivity index (χ1n) is 6.69. The number of ether oxygens (including phenoxy) is 2. The van der Waals surface area contributed by atoms with E-state index in [1.54, 1.807) is 24.3 Å². The molecule has 0 aromatic heterocycles. The normalized spacial score (nSPS) is 10.1. The summed E-state index contributed by atoms with van der Waals surface area (Å²) in [7, 11) is 0. The molecule has 0 fully saturated rings. The molecule has 0 bridgehead atoms. The Balaban J connectivity index is 1.87. The smallest absolute Gasteiger partial charge is 0.262 e. The van der Waals surface area contributed by atoms with Gasteiger partial charge in [-0.2, -0.15) is 0 Å². The third-order valence-corrected chi connectivity index (χ3v) is 2.71. The summed E-state index contributed by atoms with van der Waals surface area (Å²) in [4.78, 5) is 11.7.